The third kappa shape index (κ3) is 1.02. The molecule has 1 aromatic rings. The number of fused-ring (bicyclic) bond motifs is 1. The highest BCUT2D eigenvalue weighted by atomic mass is 19.2. The molecule has 1 aliphatic rings. The Morgan fingerprint density at radius 1 is 1.25 bits per heavy atom. The fourth-order valence-corrected chi connectivity index (χ4v) is 1.32. The van der Waals surface area contributed by atoms with Crippen molar-refractivity contribution in [3.8, 4) is 0 Å². The maximum absolute atomic E-state index is 13.0. The third-order valence-electron chi connectivity index (χ3n) is 1.95. The van der Waals surface area contributed by atoms with Crippen molar-refractivity contribution in [3.05, 3.63) is 34.9 Å². The van der Waals surface area contributed by atoms with Crippen molar-refractivity contribution in [2.24, 2.45) is 4.99 Å². The Kier molecular flexibility index (Phi) is 1.64. The summed E-state index contributed by atoms with van der Waals surface area (Å²) in [7, 11) is 0. The van der Waals surface area contributed by atoms with Crippen LogP contribution in [0.25, 0.3) is 0 Å². The van der Waals surface area contributed by atoms with E-state index in [9.17, 15) is 8.78 Å². The summed E-state index contributed by atoms with van der Waals surface area (Å²) < 4.78 is 25.7. The number of benzene rings is 1. The van der Waals surface area contributed by atoms with E-state index < -0.39 is 11.6 Å². The van der Waals surface area contributed by atoms with Gasteiger partial charge in [0.1, 0.15) is 0 Å². The molecule has 0 fully saturated rings. The Morgan fingerprint density at radius 2 is 2.08 bits per heavy atom. The lowest BCUT2D eigenvalue weighted by Gasteiger charge is -2.10. The Hall–Kier alpha value is -1.25. The normalized spacial score (nSPS) is 14.5. The fraction of sp³-hybridized carbons (Fsp3) is 0.222. The fourth-order valence-electron chi connectivity index (χ4n) is 1.32. The predicted molar refractivity (Wildman–Crippen MR) is 42.5 cm³/mol. The average Bonchev–Trinajstić information content (AvgIpc) is 2.12. The quantitative estimate of drug-likeness (QED) is 0.560. The summed E-state index contributed by atoms with van der Waals surface area (Å²) in [5.41, 5.74) is 1.14. The maximum atomic E-state index is 13.0. The molecule has 62 valence electrons. The van der Waals surface area contributed by atoms with Gasteiger partial charge in [-0.25, -0.2) is 8.78 Å². The second-order valence-electron chi connectivity index (χ2n) is 2.71. The molecule has 1 aromatic carbocycles. The number of hydrogen-bond acceptors (Lipinski definition) is 1. The predicted octanol–water partition coefficient (Wildman–Crippen LogP) is 1.94. The topological polar surface area (TPSA) is 12.4 Å². The molecule has 0 bridgehead atoms. The summed E-state index contributed by atoms with van der Waals surface area (Å²) in [5.74, 6) is -1.50. The van der Waals surface area contributed by atoms with Crippen molar-refractivity contribution >= 4 is 6.21 Å². The van der Waals surface area contributed by atoms with Crippen LogP contribution in [-0.4, -0.2) is 12.8 Å². The second kappa shape index (κ2) is 2.66. The van der Waals surface area contributed by atoms with Crippen LogP contribution in [0.5, 0.6) is 0 Å². The van der Waals surface area contributed by atoms with E-state index >= 15 is 0 Å². The highest BCUT2D eigenvalue weighted by Gasteiger charge is 2.13. The summed E-state index contributed by atoms with van der Waals surface area (Å²) in [6, 6.07) is 2.68. The Labute approximate surface area is 68.7 Å². The first-order valence-corrected chi connectivity index (χ1v) is 3.76. The molecule has 1 nitrogen and oxygen atoms in total. The van der Waals surface area contributed by atoms with Gasteiger partial charge in [-0.05, 0) is 18.1 Å². The lowest BCUT2D eigenvalue weighted by Crippen LogP contribution is -2.07. The van der Waals surface area contributed by atoms with E-state index in [4.69, 9.17) is 0 Å². The molecule has 0 atom stereocenters. The largest absolute Gasteiger partial charge is 0.292 e. The number of hydrogen-bond donors (Lipinski definition) is 0. The molecule has 0 spiro atoms. The van der Waals surface area contributed by atoms with Gasteiger partial charge in [0.05, 0.1) is 0 Å². The van der Waals surface area contributed by atoms with Crippen LogP contribution in [-0.2, 0) is 6.42 Å². The summed E-state index contributed by atoms with van der Waals surface area (Å²) >= 11 is 0. The first kappa shape index (κ1) is 7.40. The molecule has 12 heavy (non-hydrogen) atoms. The van der Waals surface area contributed by atoms with Gasteiger partial charge in [0, 0.05) is 18.3 Å². The van der Waals surface area contributed by atoms with E-state index in [-0.39, 0.29) is 0 Å². The van der Waals surface area contributed by atoms with Crippen molar-refractivity contribution in [3.63, 3.8) is 0 Å². The van der Waals surface area contributed by atoms with Crippen LogP contribution in [0.3, 0.4) is 0 Å². The van der Waals surface area contributed by atoms with Crippen LogP contribution in [0.15, 0.2) is 17.1 Å². The molecule has 1 heterocycles. The first-order chi connectivity index (χ1) is 5.79. The minimum Gasteiger partial charge on any atom is -0.292 e. The van der Waals surface area contributed by atoms with Gasteiger partial charge >= 0.3 is 0 Å². The van der Waals surface area contributed by atoms with E-state index in [1.807, 2.05) is 0 Å². The van der Waals surface area contributed by atoms with Crippen molar-refractivity contribution < 1.29 is 8.78 Å². The molecule has 0 aliphatic carbocycles. The average molecular weight is 167 g/mol. The highest BCUT2D eigenvalue weighted by molar-refractivity contribution is 5.82. The van der Waals surface area contributed by atoms with Gasteiger partial charge < -0.3 is 0 Å². The monoisotopic (exact) mass is 167 g/mol. The smallest absolute Gasteiger partial charge is 0.162 e. The van der Waals surface area contributed by atoms with E-state index in [0.29, 0.717) is 24.1 Å². The Morgan fingerprint density at radius 3 is 2.92 bits per heavy atom. The molecule has 1 aliphatic heterocycles. The van der Waals surface area contributed by atoms with E-state index in [0.717, 1.165) is 6.07 Å². The molecule has 0 saturated carbocycles. The summed E-state index contributed by atoms with van der Waals surface area (Å²) in [5, 5.41) is 0. The second-order valence-corrected chi connectivity index (χ2v) is 2.71. The van der Waals surface area contributed by atoms with Crippen LogP contribution >= 0.6 is 0 Å². The molecule has 3 heteroatoms. The summed E-state index contributed by atoms with van der Waals surface area (Å²) in [4.78, 5) is 3.98. The van der Waals surface area contributed by atoms with Crippen molar-refractivity contribution in [1.82, 2.24) is 0 Å². The molecule has 0 saturated heterocycles. The van der Waals surface area contributed by atoms with Crippen LogP contribution < -0.4 is 0 Å². The van der Waals surface area contributed by atoms with E-state index in [2.05, 4.69) is 4.99 Å². The molecule has 0 amide bonds. The minimum atomic E-state index is -0.774. The molecule has 0 aromatic heterocycles. The SMILES string of the molecule is Fc1ccc2c(c1F)CCN=C2. The van der Waals surface area contributed by atoms with Gasteiger partial charge in [0.15, 0.2) is 11.6 Å². The molecular formula is C9H7F2N. The zero-order chi connectivity index (χ0) is 8.55. The summed E-state index contributed by atoms with van der Waals surface area (Å²) in [6.45, 7) is 0.549. The van der Waals surface area contributed by atoms with E-state index in [1.54, 1.807) is 12.3 Å². The van der Waals surface area contributed by atoms with Gasteiger partial charge in [-0.15, -0.1) is 0 Å². The van der Waals surface area contributed by atoms with Crippen LogP contribution in [0.1, 0.15) is 11.1 Å². The number of rotatable bonds is 0. The zero-order valence-electron chi connectivity index (χ0n) is 6.35. The highest BCUT2D eigenvalue weighted by Crippen LogP contribution is 2.18. The zero-order valence-corrected chi connectivity index (χ0v) is 6.35. The van der Waals surface area contributed by atoms with Crippen LogP contribution in [0.4, 0.5) is 8.78 Å². The lowest BCUT2D eigenvalue weighted by molar-refractivity contribution is 0.498. The standard InChI is InChI=1S/C9H7F2N/c10-8-2-1-6-5-12-4-3-7(6)9(8)11/h1-2,5H,3-4H2. The molecular weight excluding hydrogens is 160 g/mol. The van der Waals surface area contributed by atoms with Gasteiger partial charge in [-0.3, -0.25) is 4.99 Å². The van der Waals surface area contributed by atoms with E-state index in [1.165, 1.54) is 0 Å². The molecule has 0 N–H and O–H groups in total. The van der Waals surface area contributed by atoms with Crippen molar-refractivity contribution in [2.45, 2.75) is 6.42 Å². The van der Waals surface area contributed by atoms with Crippen LogP contribution in [0, 0.1) is 11.6 Å². The first-order valence-electron chi connectivity index (χ1n) is 3.76. The number of nitrogens with zero attached hydrogens (tertiary/aromatic N) is 1. The maximum Gasteiger partial charge on any atom is 0.162 e. The van der Waals surface area contributed by atoms with Gasteiger partial charge in [-0.1, -0.05) is 6.07 Å². The van der Waals surface area contributed by atoms with Crippen molar-refractivity contribution in [2.75, 3.05) is 6.54 Å². The minimum absolute atomic E-state index is 0.449. The third-order valence-corrected chi connectivity index (χ3v) is 1.95. The Balaban J connectivity index is 2.63. The van der Waals surface area contributed by atoms with Gasteiger partial charge in [-0.2, -0.15) is 0 Å². The van der Waals surface area contributed by atoms with Gasteiger partial charge in [0.25, 0.3) is 0 Å². The lowest BCUT2D eigenvalue weighted by atomic mass is 10.0. The number of halogens is 2. The molecule has 2 rings (SSSR count). The van der Waals surface area contributed by atoms with Gasteiger partial charge in [0.2, 0.25) is 0 Å². The van der Waals surface area contributed by atoms with Crippen LogP contribution in [0.2, 0.25) is 0 Å². The molecule has 0 unspecified atom stereocenters. The Bertz CT molecular complexity index is 345. The number of aliphatic imine (C=N–C) groups is 1. The molecule has 0 radical (unpaired) electrons. The van der Waals surface area contributed by atoms with Crippen molar-refractivity contribution in [1.29, 1.82) is 0 Å². The summed E-state index contributed by atoms with van der Waals surface area (Å²) in [6.07, 6.45) is 2.08.